The van der Waals surface area contributed by atoms with Gasteiger partial charge in [-0.3, -0.25) is 4.79 Å². The summed E-state index contributed by atoms with van der Waals surface area (Å²) in [6.07, 6.45) is 1.50. The molecule has 0 aliphatic heterocycles. The number of hydrogen-bond acceptors (Lipinski definition) is 5. The van der Waals surface area contributed by atoms with Gasteiger partial charge in [0.25, 0.3) is 5.91 Å². The number of nitrogens with one attached hydrogen (secondary N) is 2. The Labute approximate surface area is 167 Å². The Morgan fingerprint density at radius 1 is 0.931 bits per heavy atom. The van der Waals surface area contributed by atoms with Gasteiger partial charge in [-0.2, -0.15) is 0 Å². The molecule has 0 unspecified atom stereocenters. The third-order valence-corrected chi connectivity index (χ3v) is 3.94. The zero-order valence-electron chi connectivity index (χ0n) is 15.9. The smallest absolute Gasteiger partial charge is 0.316 e. The topological polar surface area (TPSA) is 116 Å². The fraction of sp³-hybridized carbons (Fsp3) is 0.0952. The van der Waals surface area contributed by atoms with Crippen molar-refractivity contribution in [3.63, 3.8) is 0 Å². The van der Waals surface area contributed by atoms with E-state index in [9.17, 15) is 9.59 Å². The van der Waals surface area contributed by atoms with E-state index in [4.69, 9.17) is 15.2 Å². The van der Waals surface area contributed by atoms with Crippen LogP contribution in [-0.2, 0) is 0 Å². The van der Waals surface area contributed by atoms with Crippen molar-refractivity contribution in [1.82, 2.24) is 4.98 Å². The minimum atomic E-state index is -0.668. The van der Waals surface area contributed by atoms with Crippen molar-refractivity contribution in [1.29, 1.82) is 0 Å². The number of methoxy groups -OCH3 is 1. The summed E-state index contributed by atoms with van der Waals surface area (Å²) < 4.78 is 11.1. The molecule has 0 atom stereocenters. The fourth-order valence-electron chi connectivity index (χ4n) is 2.54. The van der Waals surface area contributed by atoms with Crippen LogP contribution in [0.5, 0.6) is 17.4 Å². The van der Waals surface area contributed by atoms with Crippen LogP contribution in [0.1, 0.15) is 15.9 Å². The van der Waals surface area contributed by atoms with Crippen molar-refractivity contribution in [3.05, 3.63) is 71.9 Å². The Morgan fingerprint density at radius 3 is 2.28 bits per heavy atom. The summed E-state index contributed by atoms with van der Waals surface area (Å²) in [6.45, 7) is 1.96. The molecular weight excluding hydrogens is 372 g/mol. The number of ether oxygens (including phenoxy) is 2. The summed E-state index contributed by atoms with van der Waals surface area (Å²) >= 11 is 0. The van der Waals surface area contributed by atoms with E-state index in [0.29, 0.717) is 34.3 Å². The third-order valence-electron chi connectivity index (χ3n) is 3.94. The van der Waals surface area contributed by atoms with Gasteiger partial charge in [0.15, 0.2) is 11.5 Å². The first-order chi connectivity index (χ1) is 13.9. The average Bonchev–Trinajstić information content (AvgIpc) is 2.70. The first-order valence-electron chi connectivity index (χ1n) is 8.71. The number of rotatable bonds is 6. The maximum Gasteiger partial charge on any atom is 0.316 e. The molecule has 8 nitrogen and oxygen atoms in total. The number of urea groups is 1. The van der Waals surface area contributed by atoms with Gasteiger partial charge in [-0.05, 0) is 55.0 Å². The number of aryl methyl sites for hydroxylation is 1. The highest BCUT2D eigenvalue weighted by Gasteiger charge is 2.09. The molecule has 0 saturated heterocycles. The zero-order valence-corrected chi connectivity index (χ0v) is 15.9. The standard InChI is InChI=1S/C21H20N4O4/c1-13-3-9-17(18(11-13)28-2)29-19-10-8-16(12-23-19)24-20(26)14-4-6-15(7-5-14)25-21(22)27/h3-12H,1-2H3,(H,24,26)(H3,22,25,27). The van der Waals surface area contributed by atoms with E-state index in [1.807, 2.05) is 25.1 Å². The lowest BCUT2D eigenvalue weighted by atomic mass is 10.2. The van der Waals surface area contributed by atoms with E-state index in [2.05, 4.69) is 15.6 Å². The molecule has 3 rings (SSSR count). The summed E-state index contributed by atoms with van der Waals surface area (Å²) in [7, 11) is 1.57. The van der Waals surface area contributed by atoms with Crippen molar-refractivity contribution in [2.24, 2.45) is 5.73 Å². The van der Waals surface area contributed by atoms with Crippen LogP contribution in [0.2, 0.25) is 0 Å². The Morgan fingerprint density at radius 2 is 1.66 bits per heavy atom. The second kappa shape index (κ2) is 8.75. The van der Waals surface area contributed by atoms with Crippen LogP contribution in [0.25, 0.3) is 0 Å². The highest BCUT2D eigenvalue weighted by Crippen LogP contribution is 2.31. The molecule has 0 aliphatic rings. The van der Waals surface area contributed by atoms with Crippen molar-refractivity contribution in [3.8, 4) is 17.4 Å². The largest absolute Gasteiger partial charge is 0.493 e. The van der Waals surface area contributed by atoms with Crippen LogP contribution < -0.4 is 25.8 Å². The molecule has 0 radical (unpaired) electrons. The predicted molar refractivity (Wildman–Crippen MR) is 110 cm³/mol. The number of nitrogens with zero attached hydrogens (tertiary/aromatic N) is 1. The van der Waals surface area contributed by atoms with Crippen molar-refractivity contribution in [2.45, 2.75) is 6.92 Å². The van der Waals surface area contributed by atoms with Crippen LogP contribution in [0.15, 0.2) is 60.8 Å². The van der Waals surface area contributed by atoms with Crippen molar-refractivity contribution in [2.75, 3.05) is 17.7 Å². The summed E-state index contributed by atoms with van der Waals surface area (Å²) in [6, 6.07) is 14.6. The number of benzene rings is 2. The molecule has 1 aromatic heterocycles. The van der Waals surface area contributed by atoms with Gasteiger partial charge in [0.2, 0.25) is 5.88 Å². The molecule has 0 saturated carbocycles. The Kier molecular flexibility index (Phi) is 5.94. The maximum absolute atomic E-state index is 12.3. The summed E-state index contributed by atoms with van der Waals surface area (Å²) in [4.78, 5) is 27.4. The number of carbonyl (C=O) groups excluding carboxylic acids is 2. The number of amides is 3. The fourth-order valence-corrected chi connectivity index (χ4v) is 2.54. The van der Waals surface area contributed by atoms with Gasteiger partial charge in [0, 0.05) is 17.3 Å². The van der Waals surface area contributed by atoms with Gasteiger partial charge in [0.05, 0.1) is 19.0 Å². The normalized spacial score (nSPS) is 10.1. The highest BCUT2D eigenvalue weighted by molar-refractivity contribution is 6.04. The second-order valence-corrected chi connectivity index (χ2v) is 6.16. The summed E-state index contributed by atoms with van der Waals surface area (Å²) in [5, 5.41) is 5.18. The molecule has 1 heterocycles. The van der Waals surface area contributed by atoms with Crippen LogP contribution in [0, 0.1) is 6.92 Å². The Bertz CT molecular complexity index is 1020. The van der Waals surface area contributed by atoms with Gasteiger partial charge >= 0.3 is 6.03 Å². The Hall–Kier alpha value is -4.07. The maximum atomic E-state index is 12.3. The molecule has 2 aromatic carbocycles. The molecular formula is C21H20N4O4. The van der Waals surface area contributed by atoms with E-state index < -0.39 is 6.03 Å². The molecule has 0 aliphatic carbocycles. The minimum Gasteiger partial charge on any atom is -0.493 e. The van der Waals surface area contributed by atoms with Crippen LogP contribution >= 0.6 is 0 Å². The summed E-state index contributed by atoms with van der Waals surface area (Å²) in [5.74, 6) is 1.21. The quantitative estimate of drug-likeness (QED) is 0.588. The molecule has 8 heteroatoms. The Balaban J connectivity index is 1.64. The number of aromatic nitrogens is 1. The van der Waals surface area contributed by atoms with Gasteiger partial charge in [-0.15, -0.1) is 0 Å². The van der Waals surface area contributed by atoms with Gasteiger partial charge in [-0.1, -0.05) is 6.07 Å². The highest BCUT2D eigenvalue weighted by atomic mass is 16.5. The van der Waals surface area contributed by atoms with E-state index in [0.717, 1.165) is 5.56 Å². The number of primary amides is 1. The molecule has 3 amide bonds. The van der Waals surface area contributed by atoms with Crippen LogP contribution in [0.3, 0.4) is 0 Å². The second-order valence-electron chi connectivity index (χ2n) is 6.16. The van der Waals surface area contributed by atoms with Crippen molar-refractivity contribution >= 4 is 23.3 Å². The average molecular weight is 392 g/mol. The van der Waals surface area contributed by atoms with Gasteiger partial charge in [-0.25, -0.2) is 9.78 Å². The molecule has 148 valence electrons. The predicted octanol–water partition coefficient (Wildman–Crippen LogP) is 3.93. The van der Waals surface area contributed by atoms with Crippen LogP contribution in [0.4, 0.5) is 16.2 Å². The number of pyridine rings is 1. The molecule has 0 spiro atoms. The zero-order chi connectivity index (χ0) is 20.8. The lowest BCUT2D eigenvalue weighted by Crippen LogP contribution is -2.19. The van der Waals surface area contributed by atoms with Crippen molar-refractivity contribution < 1.29 is 19.1 Å². The monoisotopic (exact) mass is 392 g/mol. The molecule has 0 fully saturated rings. The van der Waals surface area contributed by atoms with Gasteiger partial charge in [0.1, 0.15) is 0 Å². The first-order valence-corrected chi connectivity index (χ1v) is 8.71. The van der Waals surface area contributed by atoms with E-state index in [1.165, 1.54) is 6.20 Å². The molecule has 4 N–H and O–H groups in total. The lowest BCUT2D eigenvalue weighted by molar-refractivity contribution is 0.102. The third kappa shape index (κ3) is 5.23. The molecule has 0 bridgehead atoms. The van der Waals surface area contributed by atoms with Gasteiger partial charge < -0.3 is 25.8 Å². The summed E-state index contributed by atoms with van der Waals surface area (Å²) in [5.41, 5.74) is 7.55. The SMILES string of the molecule is COc1cc(C)ccc1Oc1ccc(NC(=O)c2ccc(NC(N)=O)cc2)cn1. The van der Waals surface area contributed by atoms with E-state index >= 15 is 0 Å². The molecule has 29 heavy (non-hydrogen) atoms. The van der Waals surface area contributed by atoms with E-state index in [-0.39, 0.29) is 5.91 Å². The number of hydrogen-bond donors (Lipinski definition) is 3. The number of carbonyl (C=O) groups is 2. The van der Waals surface area contributed by atoms with E-state index in [1.54, 1.807) is 43.5 Å². The van der Waals surface area contributed by atoms with Crippen LogP contribution in [-0.4, -0.2) is 24.0 Å². The first kappa shape index (κ1) is 19.7. The number of nitrogens with two attached hydrogens (primary N) is 1. The minimum absolute atomic E-state index is 0.314. The lowest BCUT2D eigenvalue weighted by Gasteiger charge is -2.11. The number of anilines is 2. The molecule has 3 aromatic rings.